The fraction of sp³-hybridized carbons (Fsp3) is 0.917. The third-order valence-electron chi connectivity index (χ3n) is 3.61. The number of amides is 1. The normalized spacial score (nSPS) is 25.4. The van der Waals surface area contributed by atoms with Crippen molar-refractivity contribution in [1.82, 2.24) is 4.90 Å². The Morgan fingerprint density at radius 2 is 2.19 bits per heavy atom. The maximum atomic E-state index is 12.3. The van der Waals surface area contributed by atoms with Gasteiger partial charge in [0.2, 0.25) is 5.91 Å². The van der Waals surface area contributed by atoms with E-state index in [-0.39, 0.29) is 5.92 Å². The molecule has 4 heteroatoms. The van der Waals surface area contributed by atoms with Crippen molar-refractivity contribution in [2.24, 2.45) is 5.92 Å². The van der Waals surface area contributed by atoms with Crippen LogP contribution in [-0.4, -0.2) is 42.5 Å². The van der Waals surface area contributed by atoms with Gasteiger partial charge in [-0.25, -0.2) is 0 Å². The topological polar surface area (TPSA) is 29.5 Å². The zero-order chi connectivity index (χ0) is 11.4. The average molecular weight is 246 g/mol. The second kappa shape index (κ2) is 5.87. The lowest BCUT2D eigenvalue weighted by Gasteiger charge is -2.38. The summed E-state index contributed by atoms with van der Waals surface area (Å²) in [7, 11) is 0. The van der Waals surface area contributed by atoms with Gasteiger partial charge < -0.3 is 9.64 Å². The molecule has 1 aliphatic heterocycles. The molecule has 0 N–H and O–H groups in total. The first-order chi connectivity index (χ1) is 7.83. The monoisotopic (exact) mass is 245 g/mol. The summed E-state index contributed by atoms with van der Waals surface area (Å²) in [6.07, 6.45) is 5.39. The van der Waals surface area contributed by atoms with Crippen molar-refractivity contribution in [2.75, 3.05) is 25.6 Å². The van der Waals surface area contributed by atoms with Gasteiger partial charge in [-0.15, -0.1) is 11.6 Å². The minimum atomic E-state index is 0.107. The molecule has 3 nitrogen and oxygen atoms in total. The van der Waals surface area contributed by atoms with E-state index in [2.05, 4.69) is 4.90 Å². The maximum absolute atomic E-state index is 12.3. The standard InChI is InChI=1S/C12H20ClNO2/c13-6-2-7-14(11-3-1-4-11)12(15)10-5-8-16-9-10/h10-11H,1-9H2. The molecule has 1 saturated heterocycles. The number of carbonyl (C=O) groups excluding carboxylic acids is 1. The molecule has 0 aromatic heterocycles. The number of nitrogens with zero attached hydrogens (tertiary/aromatic N) is 1. The molecule has 2 rings (SSSR count). The summed E-state index contributed by atoms with van der Waals surface area (Å²) in [5, 5.41) is 0. The Morgan fingerprint density at radius 3 is 2.69 bits per heavy atom. The van der Waals surface area contributed by atoms with Crippen molar-refractivity contribution in [3.05, 3.63) is 0 Å². The van der Waals surface area contributed by atoms with Gasteiger partial charge in [-0.05, 0) is 32.1 Å². The van der Waals surface area contributed by atoms with Crippen LogP contribution in [-0.2, 0) is 9.53 Å². The van der Waals surface area contributed by atoms with Crippen molar-refractivity contribution in [3.63, 3.8) is 0 Å². The largest absolute Gasteiger partial charge is 0.381 e. The fourth-order valence-electron chi connectivity index (χ4n) is 2.36. The number of ether oxygens (including phenoxy) is 1. The van der Waals surface area contributed by atoms with Gasteiger partial charge >= 0.3 is 0 Å². The van der Waals surface area contributed by atoms with Gasteiger partial charge in [0.1, 0.15) is 0 Å². The van der Waals surface area contributed by atoms with Crippen molar-refractivity contribution in [3.8, 4) is 0 Å². The molecule has 0 bridgehead atoms. The van der Waals surface area contributed by atoms with Crippen LogP contribution < -0.4 is 0 Å². The van der Waals surface area contributed by atoms with E-state index in [4.69, 9.17) is 16.3 Å². The molecule has 2 aliphatic rings. The van der Waals surface area contributed by atoms with E-state index in [0.717, 1.165) is 26.0 Å². The highest BCUT2D eigenvalue weighted by Crippen LogP contribution is 2.28. The Labute approximate surface area is 102 Å². The van der Waals surface area contributed by atoms with Crippen molar-refractivity contribution >= 4 is 17.5 Å². The van der Waals surface area contributed by atoms with Gasteiger partial charge in [-0.1, -0.05) is 0 Å². The first-order valence-electron chi connectivity index (χ1n) is 6.27. The zero-order valence-electron chi connectivity index (χ0n) is 9.66. The lowest BCUT2D eigenvalue weighted by Crippen LogP contribution is -2.47. The molecule has 16 heavy (non-hydrogen) atoms. The molecule has 1 unspecified atom stereocenters. The minimum absolute atomic E-state index is 0.107. The van der Waals surface area contributed by atoms with Crippen LogP contribution in [0.1, 0.15) is 32.1 Å². The number of rotatable bonds is 5. The van der Waals surface area contributed by atoms with Crippen LogP contribution in [0.3, 0.4) is 0 Å². The van der Waals surface area contributed by atoms with E-state index >= 15 is 0 Å². The van der Waals surface area contributed by atoms with Gasteiger partial charge in [0, 0.05) is 25.1 Å². The van der Waals surface area contributed by atoms with E-state index in [1.165, 1.54) is 19.3 Å². The van der Waals surface area contributed by atoms with Crippen LogP contribution in [0.25, 0.3) is 0 Å². The summed E-state index contributed by atoms with van der Waals surface area (Å²) in [4.78, 5) is 14.3. The third-order valence-corrected chi connectivity index (χ3v) is 3.88. The Balaban J connectivity index is 1.90. The van der Waals surface area contributed by atoms with E-state index < -0.39 is 0 Å². The Bertz CT molecular complexity index is 237. The van der Waals surface area contributed by atoms with E-state index in [1.54, 1.807) is 0 Å². The molecule has 0 aromatic carbocycles. The maximum Gasteiger partial charge on any atom is 0.228 e. The van der Waals surface area contributed by atoms with Crippen LogP contribution in [0.5, 0.6) is 0 Å². The summed E-state index contributed by atoms with van der Waals surface area (Å²) in [6, 6.07) is 0.483. The molecule has 0 radical (unpaired) electrons. The van der Waals surface area contributed by atoms with Gasteiger partial charge in [0.05, 0.1) is 12.5 Å². The van der Waals surface area contributed by atoms with Crippen LogP contribution >= 0.6 is 11.6 Å². The molecule has 1 saturated carbocycles. The Hall–Kier alpha value is -0.280. The van der Waals surface area contributed by atoms with Gasteiger partial charge in [-0.3, -0.25) is 4.79 Å². The molecule has 1 heterocycles. The SMILES string of the molecule is O=C(C1CCOC1)N(CCCCl)C1CCC1. The molecular formula is C12H20ClNO2. The number of halogens is 1. The summed E-state index contributed by atoms with van der Waals surface area (Å²) >= 11 is 5.71. The van der Waals surface area contributed by atoms with E-state index in [9.17, 15) is 4.79 Å². The summed E-state index contributed by atoms with van der Waals surface area (Å²) in [5.41, 5.74) is 0. The molecule has 1 amide bonds. The van der Waals surface area contributed by atoms with Crippen molar-refractivity contribution in [1.29, 1.82) is 0 Å². The van der Waals surface area contributed by atoms with Gasteiger partial charge in [0.25, 0.3) is 0 Å². The summed E-state index contributed by atoms with van der Waals surface area (Å²) < 4.78 is 5.29. The highest BCUT2D eigenvalue weighted by atomic mass is 35.5. The van der Waals surface area contributed by atoms with Crippen LogP contribution in [0.4, 0.5) is 0 Å². The fourth-order valence-corrected chi connectivity index (χ4v) is 2.48. The lowest BCUT2D eigenvalue weighted by atomic mass is 9.90. The third kappa shape index (κ3) is 2.69. The molecule has 2 fully saturated rings. The molecule has 0 spiro atoms. The lowest BCUT2D eigenvalue weighted by molar-refractivity contribution is -0.139. The Morgan fingerprint density at radius 1 is 1.38 bits per heavy atom. The van der Waals surface area contributed by atoms with Crippen LogP contribution in [0, 0.1) is 5.92 Å². The summed E-state index contributed by atoms with van der Waals surface area (Å²) in [6.45, 7) is 2.18. The highest BCUT2D eigenvalue weighted by Gasteiger charge is 2.33. The molecule has 1 atom stereocenters. The second-order valence-corrected chi connectivity index (χ2v) is 5.10. The zero-order valence-corrected chi connectivity index (χ0v) is 10.4. The van der Waals surface area contributed by atoms with Crippen molar-refractivity contribution in [2.45, 2.75) is 38.1 Å². The van der Waals surface area contributed by atoms with Gasteiger partial charge in [-0.2, -0.15) is 0 Å². The average Bonchev–Trinajstić information content (AvgIpc) is 2.73. The summed E-state index contributed by atoms with van der Waals surface area (Å²) in [5.74, 6) is 1.04. The number of hydrogen-bond donors (Lipinski definition) is 0. The first-order valence-corrected chi connectivity index (χ1v) is 6.80. The van der Waals surface area contributed by atoms with Crippen LogP contribution in [0.2, 0.25) is 0 Å². The molecule has 0 aromatic rings. The Kier molecular flexibility index (Phi) is 4.47. The predicted molar refractivity (Wildman–Crippen MR) is 63.6 cm³/mol. The van der Waals surface area contributed by atoms with E-state index in [0.29, 0.717) is 24.4 Å². The number of carbonyl (C=O) groups is 1. The van der Waals surface area contributed by atoms with Gasteiger partial charge in [0.15, 0.2) is 0 Å². The molecule has 1 aliphatic carbocycles. The highest BCUT2D eigenvalue weighted by molar-refractivity contribution is 6.17. The first kappa shape index (κ1) is 12.2. The van der Waals surface area contributed by atoms with Crippen LogP contribution in [0.15, 0.2) is 0 Å². The second-order valence-electron chi connectivity index (χ2n) is 4.72. The van der Waals surface area contributed by atoms with E-state index in [1.807, 2.05) is 0 Å². The predicted octanol–water partition coefficient (Wildman–Crippen LogP) is 2.03. The number of alkyl halides is 1. The quantitative estimate of drug-likeness (QED) is 0.694. The molecular weight excluding hydrogens is 226 g/mol. The van der Waals surface area contributed by atoms with Crippen molar-refractivity contribution < 1.29 is 9.53 Å². The smallest absolute Gasteiger partial charge is 0.228 e. The molecule has 92 valence electrons. The number of hydrogen-bond acceptors (Lipinski definition) is 2. The minimum Gasteiger partial charge on any atom is -0.381 e.